The molecule has 1 amide bonds. The minimum absolute atomic E-state index is 0.154. The molecule has 6 nitrogen and oxygen atoms in total. The summed E-state index contributed by atoms with van der Waals surface area (Å²) in [6.45, 7) is 1.72. The van der Waals surface area contributed by atoms with Crippen LogP contribution in [0.4, 0.5) is 10.1 Å². The number of ether oxygens (including phenoxy) is 1. The number of para-hydroxylation sites is 1. The Balaban J connectivity index is 2.24. The van der Waals surface area contributed by atoms with Crippen LogP contribution in [0.25, 0.3) is 0 Å². The minimum atomic E-state index is -3.87. The van der Waals surface area contributed by atoms with Gasteiger partial charge in [0.15, 0.2) is 0 Å². The van der Waals surface area contributed by atoms with Crippen LogP contribution < -0.4 is 9.04 Å². The molecule has 0 aliphatic rings. The highest BCUT2D eigenvalue weighted by Crippen LogP contribution is 2.25. The summed E-state index contributed by atoms with van der Waals surface area (Å²) in [5.41, 5.74) is 0.703. The molecule has 0 bridgehead atoms. The first-order chi connectivity index (χ1) is 12.6. The summed E-state index contributed by atoms with van der Waals surface area (Å²) in [7, 11) is -0.732. The van der Waals surface area contributed by atoms with Gasteiger partial charge < -0.3 is 9.64 Å². The molecule has 0 spiro atoms. The molecule has 0 N–H and O–H groups in total. The Morgan fingerprint density at radius 3 is 2.26 bits per heavy atom. The molecule has 2 aromatic carbocycles. The second kappa shape index (κ2) is 8.39. The smallest absolute Gasteiger partial charge is 0.246 e. The molecule has 146 valence electrons. The van der Waals surface area contributed by atoms with Gasteiger partial charge in [-0.15, -0.1) is 0 Å². The molecule has 0 heterocycles. The van der Waals surface area contributed by atoms with Crippen LogP contribution in [-0.4, -0.2) is 45.7 Å². The SMILES string of the molecule is COc1ccc(CN(C)C(=O)[C@@H](C)N(c2ccccc2F)S(C)(=O)=O)cc1. The molecule has 0 aromatic heterocycles. The number of carbonyl (C=O) groups is 1. The van der Waals surface area contributed by atoms with Crippen LogP contribution in [0.3, 0.4) is 0 Å². The lowest BCUT2D eigenvalue weighted by molar-refractivity contribution is -0.131. The summed E-state index contributed by atoms with van der Waals surface area (Å²) in [4.78, 5) is 14.2. The molecule has 0 saturated carbocycles. The van der Waals surface area contributed by atoms with E-state index >= 15 is 0 Å². The summed E-state index contributed by atoms with van der Waals surface area (Å²) >= 11 is 0. The zero-order valence-corrected chi connectivity index (χ0v) is 16.5. The second-order valence-corrected chi connectivity index (χ2v) is 8.09. The minimum Gasteiger partial charge on any atom is -0.497 e. The lowest BCUT2D eigenvalue weighted by atomic mass is 10.2. The van der Waals surface area contributed by atoms with Crippen molar-refractivity contribution in [3.63, 3.8) is 0 Å². The number of likely N-dealkylation sites (N-methyl/N-ethyl adjacent to an activating group) is 1. The fourth-order valence-electron chi connectivity index (χ4n) is 2.81. The van der Waals surface area contributed by atoms with Crippen LogP contribution >= 0.6 is 0 Å². The highest BCUT2D eigenvalue weighted by Gasteiger charge is 2.32. The lowest BCUT2D eigenvalue weighted by Gasteiger charge is -2.31. The van der Waals surface area contributed by atoms with E-state index in [0.717, 1.165) is 22.2 Å². The molecule has 0 radical (unpaired) electrons. The first kappa shape index (κ1) is 20.7. The van der Waals surface area contributed by atoms with Crippen molar-refractivity contribution >= 4 is 21.6 Å². The largest absolute Gasteiger partial charge is 0.497 e. The molecule has 0 aliphatic heterocycles. The normalized spacial score (nSPS) is 12.3. The number of sulfonamides is 1. The standard InChI is InChI=1S/C19H23FN2O4S/c1-14(22(27(4,24)25)18-8-6-5-7-17(18)20)19(23)21(2)13-15-9-11-16(26-3)12-10-15/h5-12,14H,13H2,1-4H3/t14-/m1/s1. The average molecular weight is 394 g/mol. The number of halogens is 1. The fourth-order valence-corrected chi connectivity index (χ4v) is 3.98. The molecule has 0 unspecified atom stereocenters. The van der Waals surface area contributed by atoms with Gasteiger partial charge in [0, 0.05) is 13.6 Å². The lowest BCUT2D eigenvalue weighted by Crippen LogP contribution is -2.48. The molecule has 0 fully saturated rings. The Morgan fingerprint density at radius 1 is 1.15 bits per heavy atom. The van der Waals surface area contributed by atoms with E-state index in [4.69, 9.17) is 4.74 Å². The number of carbonyl (C=O) groups excluding carboxylic acids is 1. The maximum atomic E-state index is 14.2. The van der Waals surface area contributed by atoms with E-state index in [2.05, 4.69) is 0 Å². The predicted molar refractivity (Wildman–Crippen MR) is 103 cm³/mol. The first-order valence-electron chi connectivity index (χ1n) is 8.27. The first-order valence-corrected chi connectivity index (χ1v) is 10.1. The van der Waals surface area contributed by atoms with Crippen molar-refractivity contribution in [3.05, 3.63) is 59.9 Å². The maximum Gasteiger partial charge on any atom is 0.246 e. The number of nitrogens with zero attached hydrogens (tertiary/aromatic N) is 2. The van der Waals surface area contributed by atoms with Gasteiger partial charge in [-0.1, -0.05) is 24.3 Å². The van der Waals surface area contributed by atoms with E-state index in [9.17, 15) is 17.6 Å². The Morgan fingerprint density at radius 2 is 1.74 bits per heavy atom. The third kappa shape index (κ3) is 4.97. The van der Waals surface area contributed by atoms with Crippen molar-refractivity contribution in [1.82, 2.24) is 4.90 Å². The second-order valence-electron chi connectivity index (χ2n) is 6.23. The van der Waals surface area contributed by atoms with Gasteiger partial charge in [-0.2, -0.15) is 0 Å². The van der Waals surface area contributed by atoms with Gasteiger partial charge >= 0.3 is 0 Å². The van der Waals surface area contributed by atoms with Crippen molar-refractivity contribution in [2.45, 2.75) is 19.5 Å². The van der Waals surface area contributed by atoms with Gasteiger partial charge in [-0.25, -0.2) is 12.8 Å². The topological polar surface area (TPSA) is 66.9 Å². The average Bonchev–Trinajstić information content (AvgIpc) is 2.62. The van der Waals surface area contributed by atoms with Crippen LogP contribution in [0.2, 0.25) is 0 Å². The molecule has 0 saturated heterocycles. The summed E-state index contributed by atoms with van der Waals surface area (Å²) in [6.07, 6.45) is 0.951. The van der Waals surface area contributed by atoms with Gasteiger partial charge in [0.1, 0.15) is 17.6 Å². The van der Waals surface area contributed by atoms with Crippen molar-refractivity contribution in [3.8, 4) is 5.75 Å². The van der Waals surface area contributed by atoms with E-state index in [-0.39, 0.29) is 12.2 Å². The molecule has 2 aromatic rings. The van der Waals surface area contributed by atoms with Crippen LogP contribution in [-0.2, 0) is 21.4 Å². The third-order valence-corrected chi connectivity index (χ3v) is 5.34. The van der Waals surface area contributed by atoms with Gasteiger partial charge in [0.05, 0.1) is 19.1 Å². The van der Waals surface area contributed by atoms with E-state index < -0.39 is 27.8 Å². The van der Waals surface area contributed by atoms with Gasteiger partial charge in [-0.05, 0) is 36.8 Å². The Bertz CT molecular complexity index is 900. The number of amides is 1. The Labute approximate surface area is 159 Å². The Kier molecular flexibility index (Phi) is 6.43. The maximum absolute atomic E-state index is 14.2. The van der Waals surface area contributed by atoms with Crippen molar-refractivity contribution in [2.75, 3.05) is 24.7 Å². The highest BCUT2D eigenvalue weighted by atomic mass is 32.2. The van der Waals surface area contributed by atoms with Crippen LogP contribution in [0, 0.1) is 5.82 Å². The van der Waals surface area contributed by atoms with Crippen molar-refractivity contribution < 1.29 is 22.3 Å². The highest BCUT2D eigenvalue weighted by molar-refractivity contribution is 7.92. The quantitative estimate of drug-likeness (QED) is 0.724. The fraction of sp³-hybridized carbons (Fsp3) is 0.316. The van der Waals surface area contributed by atoms with Gasteiger partial charge in [0.25, 0.3) is 0 Å². The molecular formula is C19H23FN2O4S. The molecule has 2 rings (SSSR count). The van der Waals surface area contributed by atoms with Crippen LogP contribution in [0.15, 0.2) is 48.5 Å². The number of benzene rings is 2. The number of rotatable bonds is 7. The number of methoxy groups -OCH3 is 1. The molecule has 27 heavy (non-hydrogen) atoms. The number of hydrogen-bond acceptors (Lipinski definition) is 4. The van der Waals surface area contributed by atoms with E-state index in [1.165, 1.54) is 30.0 Å². The van der Waals surface area contributed by atoms with Gasteiger partial charge in [-0.3, -0.25) is 9.10 Å². The molecule has 0 aliphatic carbocycles. The summed E-state index contributed by atoms with van der Waals surface area (Å²) in [5.74, 6) is -0.455. The van der Waals surface area contributed by atoms with Gasteiger partial charge in [0.2, 0.25) is 15.9 Å². The third-order valence-electron chi connectivity index (χ3n) is 4.11. The van der Waals surface area contributed by atoms with Crippen molar-refractivity contribution in [2.24, 2.45) is 0 Å². The predicted octanol–water partition coefficient (Wildman–Crippen LogP) is 2.65. The summed E-state index contributed by atoms with van der Waals surface area (Å²) in [6, 6.07) is 11.6. The zero-order valence-electron chi connectivity index (χ0n) is 15.7. The summed E-state index contributed by atoms with van der Waals surface area (Å²) in [5, 5.41) is 0. The monoisotopic (exact) mass is 394 g/mol. The number of anilines is 1. The van der Waals surface area contributed by atoms with E-state index in [0.29, 0.717) is 5.75 Å². The van der Waals surface area contributed by atoms with Crippen LogP contribution in [0.1, 0.15) is 12.5 Å². The van der Waals surface area contributed by atoms with E-state index in [1.54, 1.807) is 26.3 Å². The molecule has 1 atom stereocenters. The van der Waals surface area contributed by atoms with E-state index in [1.807, 2.05) is 12.1 Å². The molecular weight excluding hydrogens is 371 g/mol. The number of hydrogen-bond donors (Lipinski definition) is 0. The Hall–Kier alpha value is -2.61. The molecule has 8 heteroatoms. The van der Waals surface area contributed by atoms with Crippen LogP contribution in [0.5, 0.6) is 5.75 Å². The summed E-state index contributed by atoms with van der Waals surface area (Å²) < 4.78 is 44.6. The zero-order chi connectivity index (χ0) is 20.2. The van der Waals surface area contributed by atoms with Crippen molar-refractivity contribution in [1.29, 1.82) is 0 Å².